The van der Waals surface area contributed by atoms with Crippen molar-refractivity contribution in [2.45, 2.75) is 30.7 Å². The van der Waals surface area contributed by atoms with Gasteiger partial charge in [-0.2, -0.15) is 0 Å². The minimum atomic E-state index is -1.66. The molecular weight excluding hydrogens is 464 g/mol. The van der Waals surface area contributed by atoms with Gasteiger partial charge in [0.1, 0.15) is 24.4 Å². The molecule has 11 nitrogen and oxygen atoms in total. The van der Waals surface area contributed by atoms with E-state index in [2.05, 4.69) is 0 Å². The summed E-state index contributed by atoms with van der Waals surface area (Å²) in [5.74, 6) is 0.924. The molecule has 0 spiro atoms. The molecule has 0 amide bonds. The van der Waals surface area contributed by atoms with Crippen molar-refractivity contribution >= 4 is 12.2 Å². The number of aliphatic hydroxyl groups excluding tert-OH is 4. The third kappa shape index (κ3) is 5.39. The summed E-state index contributed by atoms with van der Waals surface area (Å²) >= 11 is 0. The van der Waals surface area contributed by atoms with E-state index < -0.39 is 37.3 Å². The lowest BCUT2D eigenvalue weighted by atomic mass is 9.99. The van der Waals surface area contributed by atoms with E-state index in [0.717, 1.165) is 0 Å². The van der Waals surface area contributed by atoms with E-state index in [1.807, 2.05) is 0 Å². The summed E-state index contributed by atoms with van der Waals surface area (Å²) in [5.41, 5.74) is 1.04. The van der Waals surface area contributed by atoms with E-state index in [-0.39, 0.29) is 17.2 Å². The SMILES string of the molecule is COc1ccc(/C=C\c2cc(OC)c(OC)c(OC)c2)c(OC2O[C@@H](CO)[C@H](O)[C@@H](O)[C@@H]2O)c1O. The van der Waals surface area contributed by atoms with Crippen molar-refractivity contribution in [1.82, 2.24) is 0 Å². The molecule has 1 aliphatic heterocycles. The van der Waals surface area contributed by atoms with E-state index >= 15 is 0 Å². The maximum atomic E-state index is 10.7. The second kappa shape index (κ2) is 11.5. The fourth-order valence-corrected chi connectivity index (χ4v) is 3.65. The van der Waals surface area contributed by atoms with Crippen LogP contribution in [0.3, 0.4) is 0 Å². The molecular formula is C24H30O11. The summed E-state index contributed by atoms with van der Waals surface area (Å²) < 4.78 is 32.4. The third-order valence-electron chi connectivity index (χ3n) is 5.57. The first-order valence-corrected chi connectivity index (χ1v) is 10.6. The highest BCUT2D eigenvalue weighted by molar-refractivity contribution is 5.77. The quantitative estimate of drug-likeness (QED) is 0.314. The zero-order valence-electron chi connectivity index (χ0n) is 19.7. The van der Waals surface area contributed by atoms with Crippen LogP contribution >= 0.6 is 0 Å². The minimum absolute atomic E-state index is 0.0922. The summed E-state index contributed by atoms with van der Waals surface area (Å²) in [6.45, 7) is -0.622. The van der Waals surface area contributed by atoms with Crippen LogP contribution in [0.25, 0.3) is 12.2 Å². The lowest BCUT2D eigenvalue weighted by Gasteiger charge is -2.39. The first kappa shape index (κ1) is 26.4. The molecule has 0 aromatic heterocycles. The Morgan fingerprint density at radius 2 is 1.43 bits per heavy atom. The van der Waals surface area contributed by atoms with Gasteiger partial charge in [-0.3, -0.25) is 0 Å². The molecule has 0 radical (unpaired) electrons. The highest BCUT2D eigenvalue weighted by atomic mass is 16.7. The number of hydrogen-bond acceptors (Lipinski definition) is 11. The average Bonchev–Trinajstić information content (AvgIpc) is 2.88. The molecule has 1 unspecified atom stereocenters. The fraction of sp³-hybridized carbons (Fsp3) is 0.417. The molecule has 3 rings (SSSR count). The van der Waals surface area contributed by atoms with Crippen molar-refractivity contribution in [2.24, 2.45) is 0 Å². The highest BCUT2D eigenvalue weighted by Gasteiger charge is 2.45. The van der Waals surface area contributed by atoms with E-state index in [4.69, 9.17) is 28.4 Å². The molecule has 1 aliphatic rings. The Morgan fingerprint density at radius 1 is 0.800 bits per heavy atom. The molecule has 11 heteroatoms. The van der Waals surface area contributed by atoms with Crippen molar-refractivity contribution in [3.63, 3.8) is 0 Å². The second-order valence-corrected chi connectivity index (χ2v) is 7.64. The summed E-state index contributed by atoms with van der Waals surface area (Å²) in [4.78, 5) is 0. The topological polar surface area (TPSA) is 157 Å². The maximum absolute atomic E-state index is 10.7. The van der Waals surface area contributed by atoms with Crippen LogP contribution in [0, 0.1) is 0 Å². The van der Waals surface area contributed by atoms with Crippen LogP contribution in [-0.2, 0) is 4.74 Å². The Hall–Kier alpha value is -3.22. The molecule has 0 bridgehead atoms. The zero-order chi connectivity index (χ0) is 25.7. The lowest BCUT2D eigenvalue weighted by molar-refractivity contribution is -0.277. The normalized spacial score (nSPS) is 24.3. The summed E-state index contributed by atoms with van der Waals surface area (Å²) in [6, 6.07) is 6.56. The average molecular weight is 494 g/mol. The number of rotatable bonds is 9. The van der Waals surface area contributed by atoms with Crippen molar-refractivity contribution in [3.05, 3.63) is 35.4 Å². The maximum Gasteiger partial charge on any atom is 0.229 e. The predicted octanol–water partition coefficient (Wildman–Crippen LogP) is 0.776. The predicted molar refractivity (Wildman–Crippen MR) is 124 cm³/mol. The number of aromatic hydroxyl groups is 1. The van der Waals surface area contributed by atoms with E-state index in [1.54, 1.807) is 30.4 Å². The molecule has 1 saturated heterocycles. The van der Waals surface area contributed by atoms with Crippen LogP contribution in [0.2, 0.25) is 0 Å². The van der Waals surface area contributed by atoms with Gasteiger partial charge in [-0.25, -0.2) is 0 Å². The molecule has 0 saturated carbocycles. The first-order valence-electron chi connectivity index (χ1n) is 10.6. The minimum Gasteiger partial charge on any atom is -0.502 e. The smallest absolute Gasteiger partial charge is 0.229 e. The number of aliphatic hydroxyl groups is 4. The number of methoxy groups -OCH3 is 4. The number of phenols is 1. The van der Waals surface area contributed by atoms with Gasteiger partial charge in [0.05, 0.1) is 35.0 Å². The molecule has 1 heterocycles. The van der Waals surface area contributed by atoms with Crippen molar-refractivity contribution < 1.29 is 54.0 Å². The van der Waals surface area contributed by atoms with Crippen LogP contribution < -0.4 is 23.7 Å². The van der Waals surface area contributed by atoms with Crippen LogP contribution in [0.4, 0.5) is 0 Å². The van der Waals surface area contributed by atoms with E-state index in [0.29, 0.717) is 28.4 Å². The molecule has 35 heavy (non-hydrogen) atoms. The molecule has 5 atom stereocenters. The number of benzene rings is 2. The zero-order valence-corrected chi connectivity index (χ0v) is 19.7. The molecule has 2 aromatic rings. The number of ether oxygens (including phenoxy) is 6. The Labute approximate surface area is 202 Å². The standard InChI is InChI=1S/C24H30O11/c1-30-14-8-7-13(6-5-12-9-15(31-2)23(33-4)16(10-12)32-3)22(19(14)27)35-24-21(29)20(28)18(26)17(11-25)34-24/h5-10,17-18,20-21,24-29H,11H2,1-4H3/b6-5-/t17-,18-,20+,21-,24?/m0/s1. The van der Waals surface area contributed by atoms with E-state index in [9.17, 15) is 25.5 Å². The van der Waals surface area contributed by atoms with Gasteiger partial charge >= 0.3 is 0 Å². The monoisotopic (exact) mass is 494 g/mol. The van der Waals surface area contributed by atoms with Gasteiger partial charge in [-0.1, -0.05) is 12.2 Å². The van der Waals surface area contributed by atoms with Gasteiger partial charge in [-0.15, -0.1) is 0 Å². The van der Waals surface area contributed by atoms with Crippen LogP contribution in [0.5, 0.6) is 34.5 Å². The van der Waals surface area contributed by atoms with Gasteiger partial charge < -0.3 is 54.0 Å². The Bertz CT molecular complexity index is 1010. The van der Waals surface area contributed by atoms with Crippen molar-refractivity contribution in [1.29, 1.82) is 0 Å². The van der Waals surface area contributed by atoms with Gasteiger partial charge in [0.25, 0.3) is 0 Å². The molecule has 2 aromatic carbocycles. The lowest BCUT2D eigenvalue weighted by Crippen LogP contribution is -2.60. The summed E-state index contributed by atoms with van der Waals surface area (Å²) in [7, 11) is 5.86. The van der Waals surface area contributed by atoms with Gasteiger partial charge in [0.2, 0.25) is 17.8 Å². The number of phenolic OH excluding ortho intramolecular Hbond substituents is 1. The van der Waals surface area contributed by atoms with Crippen molar-refractivity contribution in [2.75, 3.05) is 35.0 Å². The van der Waals surface area contributed by atoms with Crippen LogP contribution in [-0.4, -0.2) is 91.3 Å². The highest BCUT2D eigenvalue weighted by Crippen LogP contribution is 2.42. The van der Waals surface area contributed by atoms with Gasteiger partial charge in [-0.05, 0) is 29.8 Å². The number of hydrogen-bond donors (Lipinski definition) is 5. The largest absolute Gasteiger partial charge is 0.502 e. The second-order valence-electron chi connectivity index (χ2n) is 7.64. The molecule has 1 fully saturated rings. The Morgan fingerprint density at radius 3 is 1.97 bits per heavy atom. The Kier molecular flexibility index (Phi) is 8.65. The molecule has 0 aliphatic carbocycles. The van der Waals surface area contributed by atoms with Gasteiger partial charge in [0.15, 0.2) is 23.0 Å². The Balaban J connectivity index is 1.99. The fourth-order valence-electron chi connectivity index (χ4n) is 3.65. The molecule has 192 valence electrons. The van der Waals surface area contributed by atoms with Gasteiger partial charge in [0, 0.05) is 5.56 Å². The van der Waals surface area contributed by atoms with Crippen LogP contribution in [0.1, 0.15) is 11.1 Å². The molecule has 5 N–H and O–H groups in total. The van der Waals surface area contributed by atoms with E-state index in [1.165, 1.54) is 34.5 Å². The van der Waals surface area contributed by atoms with Crippen LogP contribution in [0.15, 0.2) is 24.3 Å². The summed E-state index contributed by atoms with van der Waals surface area (Å²) in [6.07, 6.45) is -4.21. The summed E-state index contributed by atoms with van der Waals surface area (Å²) in [5, 5.41) is 50.6. The third-order valence-corrected chi connectivity index (χ3v) is 5.57. The first-order chi connectivity index (χ1) is 16.8. The van der Waals surface area contributed by atoms with Crippen molar-refractivity contribution in [3.8, 4) is 34.5 Å².